The molecule has 0 unspecified atom stereocenters. The second-order valence-corrected chi connectivity index (χ2v) is 4.58. The largest absolute Gasteiger partial charge is 0.143 e. The molecule has 0 bridgehead atoms. The minimum atomic E-state index is 1.06. The molecule has 0 spiro atoms. The maximum Gasteiger partial charge on any atom is 0.0356 e. The molecular weight excluding hydrogens is 196 g/mol. The summed E-state index contributed by atoms with van der Waals surface area (Å²) in [7, 11) is 0. The molecule has 68 valence electrons. The van der Waals surface area contributed by atoms with Crippen LogP contribution in [-0.2, 0) is 6.42 Å². The Morgan fingerprint density at radius 1 is 1.38 bits per heavy atom. The summed E-state index contributed by atoms with van der Waals surface area (Å²) in [6, 6.07) is 4.38. The maximum atomic E-state index is 4.59. The van der Waals surface area contributed by atoms with Crippen molar-refractivity contribution in [1.29, 1.82) is 0 Å². The fourth-order valence-electron chi connectivity index (χ4n) is 1.59. The Labute approximate surface area is 88.0 Å². The molecule has 0 aliphatic carbocycles. The number of thiol groups is 1. The topological polar surface area (TPSA) is 0 Å². The first-order valence-corrected chi connectivity index (χ1v) is 5.75. The van der Waals surface area contributed by atoms with E-state index in [4.69, 9.17) is 0 Å². The molecule has 2 heteroatoms. The lowest BCUT2D eigenvalue weighted by atomic mass is 10.1. The summed E-state index contributed by atoms with van der Waals surface area (Å²) in [6.45, 7) is 4.32. The zero-order valence-electron chi connectivity index (χ0n) is 7.79. The van der Waals surface area contributed by atoms with Crippen molar-refractivity contribution in [3.05, 3.63) is 28.6 Å². The molecule has 1 heterocycles. The summed E-state index contributed by atoms with van der Waals surface area (Å²) in [5.74, 6) is 0. The van der Waals surface area contributed by atoms with Crippen LogP contribution in [0.15, 0.2) is 22.4 Å². The number of fused-ring (bicyclic) bond motifs is 1. The molecule has 2 rings (SSSR count). The first-order valence-electron chi connectivity index (χ1n) is 4.42. The third kappa shape index (κ3) is 1.38. The van der Waals surface area contributed by atoms with Crippen molar-refractivity contribution in [3.8, 4) is 0 Å². The van der Waals surface area contributed by atoms with E-state index >= 15 is 0 Å². The SMILES string of the molecule is CCc1ccc2scc(C)c2c1S. The molecule has 0 N–H and O–H groups in total. The molecule has 0 aliphatic rings. The van der Waals surface area contributed by atoms with Gasteiger partial charge in [0, 0.05) is 15.0 Å². The molecule has 0 nitrogen and oxygen atoms in total. The van der Waals surface area contributed by atoms with E-state index in [0.29, 0.717) is 0 Å². The van der Waals surface area contributed by atoms with Gasteiger partial charge in [0.15, 0.2) is 0 Å². The van der Waals surface area contributed by atoms with Gasteiger partial charge in [-0.05, 0) is 35.9 Å². The van der Waals surface area contributed by atoms with Crippen molar-refractivity contribution in [1.82, 2.24) is 0 Å². The molecule has 13 heavy (non-hydrogen) atoms. The lowest BCUT2D eigenvalue weighted by Gasteiger charge is -2.03. The highest BCUT2D eigenvalue weighted by molar-refractivity contribution is 7.80. The summed E-state index contributed by atoms with van der Waals surface area (Å²) >= 11 is 6.38. The smallest absolute Gasteiger partial charge is 0.0356 e. The first-order chi connectivity index (χ1) is 6.24. The average Bonchev–Trinajstić information content (AvgIpc) is 2.49. The van der Waals surface area contributed by atoms with Gasteiger partial charge in [0.25, 0.3) is 0 Å². The Bertz CT molecular complexity index is 441. The number of rotatable bonds is 1. The van der Waals surface area contributed by atoms with E-state index in [1.54, 1.807) is 11.3 Å². The van der Waals surface area contributed by atoms with Crippen molar-refractivity contribution in [2.24, 2.45) is 0 Å². The van der Waals surface area contributed by atoms with Crippen LogP contribution >= 0.6 is 24.0 Å². The molecule has 0 atom stereocenters. The van der Waals surface area contributed by atoms with Gasteiger partial charge in [-0.15, -0.1) is 24.0 Å². The van der Waals surface area contributed by atoms with Crippen LogP contribution in [0.2, 0.25) is 0 Å². The number of hydrogen-bond acceptors (Lipinski definition) is 2. The number of aryl methyl sites for hydroxylation is 2. The normalized spacial score (nSPS) is 11.0. The molecule has 0 radical (unpaired) electrons. The molecule has 1 aromatic heterocycles. The second-order valence-electron chi connectivity index (χ2n) is 3.22. The van der Waals surface area contributed by atoms with Gasteiger partial charge in [0.05, 0.1) is 0 Å². The van der Waals surface area contributed by atoms with Crippen LogP contribution in [0, 0.1) is 6.92 Å². The molecular formula is C11H12S2. The fraction of sp³-hybridized carbons (Fsp3) is 0.273. The van der Waals surface area contributed by atoms with Crippen molar-refractivity contribution in [2.75, 3.05) is 0 Å². The minimum absolute atomic E-state index is 1.06. The van der Waals surface area contributed by atoms with Gasteiger partial charge in [-0.2, -0.15) is 0 Å². The second kappa shape index (κ2) is 3.35. The Balaban J connectivity index is 2.83. The van der Waals surface area contributed by atoms with Crippen LogP contribution in [0.3, 0.4) is 0 Å². The van der Waals surface area contributed by atoms with E-state index in [1.807, 2.05) is 0 Å². The monoisotopic (exact) mass is 208 g/mol. The Morgan fingerprint density at radius 3 is 2.85 bits per heavy atom. The molecule has 0 aliphatic heterocycles. The van der Waals surface area contributed by atoms with Crippen molar-refractivity contribution in [2.45, 2.75) is 25.2 Å². The molecule has 0 fully saturated rings. The lowest BCUT2D eigenvalue weighted by Crippen LogP contribution is -1.83. The van der Waals surface area contributed by atoms with Crippen molar-refractivity contribution < 1.29 is 0 Å². The summed E-state index contributed by atoms with van der Waals surface area (Å²) in [6.07, 6.45) is 1.06. The average molecular weight is 208 g/mol. The fourth-order valence-corrected chi connectivity index (χ4v) is 3.15. The standard InChI is InChI=1S/C11H12S2/c1-3-8-4-5-9-10(11(8)12)7(2)6-13-9/h4-6,12H,3H2,1-2H3. The number of benzene rings is 1. The zero-order chi connectivity index (χ0) is 9.42. The predicted molar refractivity (Wildman–Crippen MR) is 63.2 cm³/mol. The van der Waals surface area contributed by atoms with Crippen LogP contribution in [0.25, 0.3) is 10.1 Å². The van der Waals surface area contributed by atoms with Crippen LogP contribution in [-0.4, -0.2) is 0 Å². The summed E-state index contributed by atoms with van der Waals surface area (Å²) in [5, 5.41) is 3.54. The lowest BCUT2D eigenvalue weighted by molar-refractivity contribution is 1.10. The van der Waals surface area contributed by atoms with E-state index in [1.165, 1.54) is 26.1 Å². The van der Waals surface area contributed by atoms with Crippen LogP contribution in [0.4, 0.5) is 0 Å². The molecule has 0 saturated carbocycles. The Morgan fingerprint density at radius 2 is 2.15 bits per heavy atom. The van der Waals surface area contributed by atoms with E-state index in [2.05, 4.69) is 44.0 Å². The van der Waals surface area contributed by atoms with Gasteiger partial charge in [0.2, 0.25) is 0 Å². The van der Waals surface area contributed by atoms with Crippen LogP contribution in [0.5, 0.6) is 0 Å². The molecule has 0 saturated heterocycles. The maximum absolute atomic E-state index is 4.59. The quantitative estimate of drug-likeness (QED) is 0.671. The predicted octanol–water partition coefficient (Wildman–Crippen LogP) is 4.06. The van der Waals surface area contributed by atoms with Gasteiger partial charge in [-0.1, -0.05) is 13.0 Å². The third-order valence-corrected chi connectivity index (χ3v) is 3.94. The van der Waals surface area contributed by atoms with Crippen molar-refractivity contribution >= 4 is 34.1 Å². The number of hydrogen-bond donors (Lipinski definition) is 1. The molecule has 0 amide bonds. The highest BCUT2D eigenvalue weighted by Crippen LogP contribution is 2.33. The highest BCUT2D eigenvalue weighted by atomic mass is 32.1. The minimum Gasteiger partial charge on any atom is -0.143 e. The van der Waals surface area contributed by atoms with Gasteiger partial charge in [-0.25, -0.2) is 0 Å². The molecule has 2 aromatic rings. The van der Waals surface area contributed by atoms with E-state index < -0.39 is 0 Å². The third-order valence-electron chi connectivity index (χ3n) is 2.36. The van der Waals surface area contributed by atoms with E-state index in [9.17, 15) is 0 Å². The van der Waals surface area contributed by atoms with Gasteiger partial charge in [-0.3, -0.25) is 0 Å². The van der Waals surface area contributed by atoms with E-state index in [-0.39, 0.29) is 0 Å². The summed E-state index contributed by atoms with van der Waals surface area (Å²) in [5.41, 5.74) is 2.69. The van der Waals surface area contributed by atoms with Crippen LogP contribution in [0.1, 0.15) is 18.1 Å². The first kappa shape index (κ1) is 9.10. The number of thiophene rings is 1. The Kier molecular flexibility index (Phi) is 2.35. The zero-order valence-corrected chi connectivity index (χ0v) is 9.51. The van der Waals surface area contributed by atoms with Gasteiger partial charge >= 0.3 is 0 Å². The summed E-state index contributed by atoms with van der Waals surface area (Å²) < 4.78 is 1.35. The Hall–Kier alpha value is -0.470. The van der Waals surface area contributed by atoms with Crippen molar-refractivity contribution in [3.63, 3.8) is 0 Å². The molecule has 1 aromatic carbocycles. The van der Waals surface area contributed by atoms with Gasteiger partial charge < -0.3 is 0 Å². The highest BCUT2D eigenvalue weighted by Gasteiger charge is 2.06. The summed E-state index contributed by atoms with van der Waals surface area (Å²) in [4.78, 5) is 1.17. The van der Waals surface area contributed by atoms with Gasteiger partial charge in [0.1, 0.15) is 0 Å². The van der Waals surface area contributed by atoms with E-state index in [0.717, 1.165) is 6.42 Å². The van der Waals surface area contributed by atoms with Crippen LogP contribution < -0.4 is 0 Å².